The summed E-state index contributed by atoms with van der Waals surface area (Å²) in [5, 5.41) is 12.2. The number of nitrogens with one attached hydrogen (secondary N) is 2. The van der Waals surface area contributed by atoms with Crippen LogP contribution in [0.25, 0.3) is 10.9 Å². The molecule has 2 aromatic heterocycles. The smallest absolute Gasteiger partial charge is 0.160 e. The van der Waals surface area contributed by atoms with Gasteiger partial charge in [0, 0.05) is 16.8 Å². The summed E-state index contributed by atoms with van der Waals surface area (Å²) in [5.41, 5.74) is 2.83. The lowest BCUT2D eigenvalue weighted by atomic mass is 10.1. The van der Waals surface area contributed by atoms with Crippen molar-refractivity contribution in [1.82, 2.24) is 15.2 Å². The summed E-state index contributed by atoms with van der Waals surface area (Å²) < 4.78 is 0. The maximum atomic E-state index is 6.13. The molecule has 20 heavy (non-hydrogen) atoms. The molecule has 2 N–H and O–H groups in total. The van der Waals surface area contributed by atoms with Gasteiger partial charge in [-0.1, -0.05) is 43.6 Å². The first kappa shape index (κ1) is 12.9. The van der Waals surface area contributed by atoms with Crippen molar-refractivity contribution in [3.8, 4) is 0 Å². The summed E-state index contributed by atoms with van der Waals surface area (Å²) in [4.78, 5) is 4.34. The van der Waals surface area contributed by atoms with E-state index in [0.717, 1.165) is 22.3 Å². The molecular weight excluding hydrogens is 272 g/mol. The van der Waals surface area contributed by atoms with E-state index in [1.807, 2.05) is 36.4 Å². The van der Waals surface area contributed by atoms with Crippen LogP contribution in [0.1, 0.15) is 25.5 Å². The molecule has 0 spiro atoms. The van der Waals surface area contributed by atoms with Gasteiger partial charge in [0.2, 0.25) is 0 Å². The second-order valence-corrected chi connectivity index (χ2v) is 5.36. The lowest BCUT2D eigenvalue weighted by Gasteiger charge is -2.07. The van der Waals surface area contributed by atoms with Gasteiger partial charge in [-0.3, -0.25) is 5.10 Å². The van der Waals surface area contributed by atoms with Crippen LogP contribution in [0.2, 0.25) is 5.15 Å². The number of anilines is 2. The average molecular weight is 287 g/mol. The molecule has 0 saturated carbocycles. The van der Waals surface area contributed by atoms with Gasteiger partial charge in [0.05, 0.1) is 0 Å². The first-order valence-corrected chi connectivity index (χ1v) is 6.89. The van der Waals surface area contributed by atoms with Gasteiger partial charge >= 0.3 is 0 Å². The maximum absolute atomic E-state index is 6.13. The summed E-state index contributed by atoms with van der Waals surface area (Å²) in [7, 11) is 0. The largest absolute Gasteiger partial charge is 0.338 e. The van der Waals surface area contributed by atoms with Gasteiger partial charge in [-0.05, 0) is 24.1 Å². The van der Waals surface area contributed by atoms with E-state index in [9.17, 15) is 0 Å². The summed E-state index contributed by atoms with van der Waals surface area (Å²) in [5.74, 6) is 1.02. The van der Waals surface area contributed by atoms with E-state index >= 15 is 0 Å². The molecule has 0 fully saturated rings. The number of aromatic amines is 1. The van der Waals surface area contributed by atoms with E-state index in [4.69, 9.17) is 11.6 Å². The lowest BCUT2D eigenvalue weighted by Crippen LogP contribution is -1.95. The van der Waals surface area contributed by atoms with Crippen LogP contribution in [-0.2, 0) is 0 Å². The Morgan fingerprint density at radius 1 is 1.20 bits per heavy atom. The van der Waals surface area contributed by atoms with Crippen LogP contribution in [0, 0.1) is 0 Å². The van der Waals surface area contributed by atoms with Gasteiger partial charge in [0.25, 0.3) is 0 Å². The van der Waals surface area contributed by atoms with E-state index < -0.39 is 0 Å². The van der Waals surface area contributed by atoms with Crippen LogP contribution < -0.4 is 5.32 Å². The van der Waals surface area contributed by atoms with Crippen molar-refractivity contribution >= 4 is 34.0 Å². The molecule has 2 heterocycles. The normalized spacial score (nSPS) is 11.2. The van der Waals surface area contributed by atoms with Gasteiger partial charge in [-0.2, -0.15) is 5.10 Å². The first-order chi connectivity index (χ1) is 9.65. The van der Waals surface area contributed by atoms with Crippen molar-refractivity contribution in [2.24, 2.45) is 0 Å². The highest BCUT2D eigenvalue weighted by Crippen LogP contribution is 2.30. The molecule has 0 radical (unpaired) electrons. The highest BCUT2D eigenvalue weighted by Gasteiger charge is 2.14. The Bertz CT molecular complexity index is 734. The van der Waals surface area contributed by atoms with Crippen LogP contribution in [-0.4, -0.2) is 15.2 Å². The summed E-state index contributed by atoms with van der Waals surface area (Å²) >= 11 is 6.13. The third-order valence-corrected chi connectivity index (χ3v) is 3.35. The lowest BCUT2D eigenvalue weighted by molar-refractivity contribution is 0.818. The summed E-state index contributed by atoms with van der Waals surface area (Å²) in [6.45, 7) is 4.23. The number of halogens is 1. The Kier molecular flexibility index (Phi) is 3.32. The number of benzene rings is 1. The monoisotopic (exact) mass is 286 g/mol. The van der Waals surface area contributed by atoms with E-state index in [0.29, 0.717) is 16.9 Å². The van der Waals surface area contributed by atoms with Crippen LogP contribution in [0.4, 0.5) is 11.5 Å². The van der Waals surface area contributed by atoms with Gasteiger partial charge < -0.3 is 5.32 Å². The summed E-state index contributed by atoms with van der Waals surface area (Å²) in [6.07, 6.45) is 0. The quantitative estimate of drug-likeness (QED) is 0.698. The number of hydrogen-bond acceptors (Lipinski definition) is 3. The van der Waals surface area contributed by atoms with Crippen molar-refractivity contribution in [2.45, 2.75) is 19.8 Å². The molecule has 3 rings (SSSR count). The topological polar surface area (TPSA) is 53.6 Å². The molecule has 1 aromatic carbocycles. The molecular formula is C15H15ClN4. The fourth-order valence-electron chi connectivity index (χ4n) is 2.19. The van der Waals surface area contributed by atoms with Crippen LogP contribution in [0.5, 0.6) is 0 Å². The van der Waals surface area contributed by atoms with Gasteiger partial charge in [0.15, 0.2) is 5.82 Å². The molecule has 0 aliphatic carbocycles. The van der Waals surface area contributed by atoms with Crippen molar-refractivity contribution in [3.63, 3.8) is 0 Å². The molecule has 0 saturated heterocycles. The molecule has 0 bridgehead atoms. The predicted octanol–water partition coefficient (Wildman–Crippen LogP) is 4.48. The SMILES string of the molecule is CC(C)c1[nH]nc2c(Nc3ccccc3)nc(Cl)cc12. The molecule has 0 atom stereocenters. The Balaban J connectivity index is 2.11. The molecule has 0 aliphatic heterocycles. The number of hydrogen-bond donors (Lipinski definition) is 2. The second-order valence-electron chi connectivity index (χ2n) is 4.97. The Hall–Kier alpha value is -2.07. The fraction of sp³-hybridized carbons (Fsp3) is 0.200. The number of fused-ring (bicyclic) bond motifs is 1. The maximum Gasteiger partial charge on any atom is 0.160 e. The van der Waals surface area contributed by atoms with E-state index in [1.54, 1.807) is 0 Å². The number of para-hydroxylation sites is 1. The molecule has 4 nitrogen and oxygen atoms in total. The minimum absolute atomic E-state index is 0.350. The fourth-order valence-corrected chi connectivity index (χ4v) is 2.38. The minimum atomic E-state index is 0.350. The van der Waals surface area contributed by atoms with E-state index in [-0.39, 0.29) is 0 Å². The first-order valence-electron chi connectivity index (χ1n) is 6.51. The zero-order valence-electron chi connectivity index (χ0n) is 11.3. The predicted molar refractivity (Wildman–Crippen MR) is 82.7 cm³/mol. The second kappa shape index (κ2) is 5.13. The molecule has 0 aliphatic rings. The number of H-pyrrole nitrogens is 1. The Labute approximate surface area is 122 Å². The minimum Gasteiger partial charge on any atom is -0.338 e. The van der Waals surface area contributed by atoms with Crippen LogP contribution in [0.15, 0.2) is 36.4 Å². The van der Waals surface area contributed by atoms with Crippen molar-refractivity contribution in [3.05, 3.63) is 47.2 Å². The Morgan fingerprint density at radius 2 is 1.95 bits per heavy atom. The number of pyridine rings is 1. The average Bonchev–Trinajstić information content (AvgIpc) is 2.83. The zero-order chi connectivity index (χ0) is 14.1. The number of aromatic nitrogens is 3. The van der Waals surface area contributed by atoms with Crippen molar-refractivity contribution in [2.75, 3.05) is 5.32 Å². The third kappa shape index (κ3) is 2.34. The van der Waals surface area contributed by atoms with Crippen LogP contribution >= 0.6 is 11.6 Å². The van der Waals surface area contributed by atoms with E-state index in [1.165, 1.54) is 0 Å². The highest BCUT2D eigenvalue weighted by atomic mass is 35.5. The number of rotatable bonds is 3. The van der Waals surface area contributed by atoms with Crippen LogP contribution in [0.3, 0.4) is 0 Å². The van der Waals surface area contributed by atoms with Gasteiger partial charge in [0.1, 0.15) is 10.7 Å². The molecule has 0 amide bonds. The zero-order valence-corrected chi connectivity index (χ0v) is 12.1. The number of nitrogens with zero attached hydrogens (tertiary/aromatic N) is 2. The molecule has 3 aromatic rings. The van der Waals surface area contributed by atoms with Gasteiger partial charge in [-0.15, -0.1) is 0 Å². The highest BCUT2D eigenvalue weighted by molar-refractivity contribution is 6.30. The standard InChI is InChI=1S/C15H15ClN4/c1-9(2)13-11-8-12(16)18-15(14(11)20-19-13)17-10-6-4-3-5-7-10/h3-9H,1-2H3,(H,17,18)(H,19,20). The van der Waals surface area contributed by atoms with Gasteiger partial charge in [-0.25, -0.2) is 4.98 Å². The summed E-state index contributed by atoms with van der Waals surface area (Å²) in [6, 6.07) is 11.7. The molecule has 5 heteroatoms. The van der Waals surface area contributed by atoms with Crippen molar-refractivity contribution in [1.29, 1.82) is 0 Å². The third-order valence-electron chi connectivity index (χ3n) is 3.15. The molecule has 102 valence electrons. The van der Waals surface area contributed by atoms with E-state index in [2.05, 4.69) is 34.3 Å². The molecule has 0 unspecified atom stereocenters. The van der Waals surface area contributed by atoms with Crippen molar-refractivity contribution < 1.29 is 0 Å². The Morgan fingerprint density at radius 3 is 2.65 bits per heavy atom.